The van der Waals surface area contributed by atoms with Gasteiger partial charge in [-0.3, -0.25) is 24.5 Å². The molecule has 0 bridgehead atoms. The first kappa shape index (κ1) is 36.5. The molecule has 0 radical (unpaired) electrons. The lowest BCUT2D eigenvalue weighted by atomic mass is 10.00. The molecule has 3 rings (SSSR count). The van der Waals surface area contributed by atoms with Gasteiger partial charge in [-0.05, 0) is 71.8 Å². The van der Waals surface area contributed by atoms with Crippen molar-refractivity contribution in [3.05, 3.63) is 112 Å². The van der Waals surface area contributed by atoms with E-state index < -0.39 is 40.8 Å². The average Bonchev–Trinajstić information content (AvgIpc) is 3.01. The second-order valence-corrected chi connectivity index (χ2v) is 11.6. The summed E-state index contributed by atoms with van der Waals surface area (Å²) in [5, 5.41) is 50.3. The third kappa shape index (κ3) is 12.8. The number of rotatable bonds is 18. The molecule has 2 amide bonds. The van der Waals surface area contributed by atoms with E-state index in [1.165, 1.54) is 12.1 Å². The molecule has 0 fully saturated rings. The molecule has 0 spiro atoms. The maximum Gasteiger partial charge on any atom is 0.326 e. The van der Waals surface area contributed by atoms with Crippen molar-refractivity contribution in [1.29, 1.82) is 0 Å². The van der Waals surface area contributed by atoms with Gasteiger partial charge in [0.15, 0.2) is 5.82 Å². The van der Waals surface area contributed by atoms with Gasteiger partial charge in [0, 0.05) is 24.2 Å². The lowest BCUT2D eigenvalue weighted by Crippen LogP contribution is -2.52. The lowest BCUT2D eigenvalue weighted by Gasteiger charge is -2.23. The molecule has 3 aromatic rings. The molecule has 0 aromatic heterocycles. The zero-order valence-electron chi connectivity index (χ0n) is 26.5. The third-order valence-electron chi connectivity index (χ3n) is 7.04. The highest BCUT2D eigenvalue weighted by Crippen LogP contribution is 2.18. The first-order chi connectivity index (χ1) is 22.8. The summed E-state index contributed by atoms with van der Waals surface area (Å²) in [6, 6.07) is 17.1. The van der Waals surface area contributed by atoms with Gasteiger partial charge in [-0.25, -0.2) is 4.79 Å². The average molecular weight is 662 g/mol. The third-order valence-corrected chi connectivity index (χ3v) is 7.04. The van der Waals surface area contributed by atoms with E-state index in [4.69, 9.17) is 5.11 Å². The number of hydrogen-bond donors (Lipinski definition) is 7. The first-order valence-electron chi connectivity index (χ1n) is 15.2. The van der Waals surface area contributed by atoms with E-state index in [0.29, 0.717) is 28.9 Å². The predicted molar refractivity (Wildman–Crippen MR) is 178 cm³/mol. The van der Waals surface area contributed by atoms with E-state index in [2.05, 4.69) is 21.3 Å². The van der Waals surface area contributed by atoms with Crippen LogP contribution in [0.5, 0.6) is 5.75 Å². The van der Waals surface area contributed by atoms with Crippen LogP contribution in [0.25, 0.3) is 0 Å². The van der Waals surface area contributed by atoms with Crippen LogP contribution in [0.4, 0.5) is 11.4 Å². The van der Waals surface area contributed by atoms with Gasteiger partial charge < -0.3 is 36.6 Å². The van der Waals surface area contributed by atoms with E-state index in [-0.39, 0.29) is 43.2 Å². The Balaban J connectivity index is 1.61. The van der Waals surface area contributed by atoms with E-state index >= 15 is 0 Å². The number of carbonyl (C=O) groups is 4. The number of anilines is 2. The molecular weight excluding hydrogens is 622 g/mol. The Bertz CT molecular complexity index is 1610. The van der Waals surface area contributed by atoms with Crippen molar-refractivity contribution in [1.82, 2.24) is 10.6 Å². The fourth-order valence-corrected chi connectivity index (χ4v) is 4.70. The number of phenolic OH excluding ortho intramolecular Hbond substituents is 1. The van der Waals surface area contributed by atoms with Crippen molar-refractivity contribution in [2.24, 2.45) is 5.92 Å². The second-order valence-electron chi connectivity index (χ2n) is 11.6. The number of carbonyl (C=O) groups excluding carboxylic acids is 2. The predicted octanol–water partition coefficient (Wildman–Crippen LogP) is 3.89. The number of phenols is 1. The van der Waals surface area contributed by atoms with Crippen molar-refractivity contribution in [2.45, 2.75) is 58.0 Å². The first-order valence-corrected chi connectivity index (χ1v) is 15.2. The number of aliphatic carboxylic acids is 2. The molecule has 14 nitrogen and oxygen atoms in total. The van der Waals surface area contributed by atoms with Gasteiger partial charge in [0.1, 0.15) is 17.8 Å². The Morgan fingerprint density at radius 3 is 1.85 bits per heavy atom. The summed E-state index contributed by atoms with van der Waals surface area (Å²) >= 11 is 0. The van der Waals surface area contributed by atoms with Gasteiger partial charge in [-0.15, -0.1) is 0 Å². The molecule has 3 aromatic carbocycles. The highest BCUT2D eigenvalue weighted by molar-refractivity contribution is 5.91. The van der Waals surface area contributed by atoms with Gasteiger partial charge in [0.2, 0.25) is 11.8 Å². The molecule has 48 heavy (non-hydrogen) atoms. The number of nitro groups is 1. The smallest absolute Gasteiger partial charge is 0.326 e. The Labute approximate surface area is 277 Å². The summed E-state index contributed by atoms with van der Waals surface area (Å²) in [5.74, 6) is -3.13. The van der Waals surface area contributed by atoms with Crippen LogP contribution in [-0.2, 0) is 38.4 Å². The Hall–Kier alpha value is -5.92. The van der Waals surface area contributed by atoms with E-state index in [1.54, 1.807) is 60.7 Å². The van der Waals surface area contributed by atoms with Gasteiger partial charge >= 0.3 is 11.9 Å². The zero-order valence-corrected chi connectivity index (χ0v) is 26.5. The van der Waals surface area contributed by atoms with Crippen molar-refractivity contribution < 1.29 is 39.4 Å². The van der Waals surface area contributed by atoms with E-state index in [1.807, 2.05) is 13.8 Å². The fraction of sp³-hybridized carbons (Fsp3) is 0.294. The number of carboxylic acid groups (broad SMARTS) is 2. The molecule has 0 aliphatic heterocycles. The van der Waals surface area contributed by atoms with Crippen LogP contribution in [0.3, 0.4) is 0 Å². The molecule has 0 aliphatic rings. The Kier molecular flexibility index (Phi) is 13.5. The number of aryl methyl sites for hydroxylation is 1. The molecule has 0 heterocycles. The number of benzene rings is 3. The number of hydrogen-bond acceptors (Lipinski definition) is 9. The number of nitrogens with zero attached hydrogens (tertiary/aromatic N) is 1. The summed E-state index contributed by atoms with van der Waals surface area (Å²) in [6.07, 6.45) is 1.25. The number of nitrogens with one attached hydrogen (secondary N) is 4. The number of carboxylic acids is 2. The van der Waals surface area contributed by atoms with Crippen molar-refractivity contribution in [3.8, 4) is 5.75 Å². The van der Waals surface area contributed by atoms with Gasteiger partial charge in [-0.2, -0.15) is 0 Å². The van der Waals surface area contributed by atoms with Crippen LogP contribution >= 0.6 is 0 Å². The normalized spacial score (nSPS) is 12.4. The SMILES string of the molecule is CC(C)CC(NC(=O)Cc1ccc(NC(=C[N+](=O)[O-])Nc2ccc(O)cc2)cc1)C(=O)NC(Cc1ccc(CCC(=O)O)cc1)C(=O)O. The molecule has 2 atom stereocenters. The fourth-order valence-electron chi connectivity index (χ4n) is 4.70. The van der Waals surface area contributed by atoms with Crippen molar-refractivity contribution in [2.75, 3.05) is 10.6 Å². The second kappa shape index (κ2) is 17.7. The maximum atomic E-state index is 13.2. The Morgan fingerprint density at radius 2 is 1.33 bits per heavy atom. The highest BCUT2D eigenvalue weighted by atomic mass is 16.6. The van der Waals surface area contributed by atoms with Crippen LogP contribution in [-0.4, -0.2) is 56.1 Å². The molecule has 0 aliphatic carbocycles. The topological polar surface area (TPSA) is 220 Å². The van der Waals surface area contributed by atoms with Crippen LogP contribution in [0, 0.1) is 16.0 Å². The minimum absolute atomic E-state index is 0.00429. The molecule has 2 unspecified atom stereocenters. The minimum atomic E-state index is -1.26. The number of aromatic hydroxyl groups is 1. The summed E-state index contributed by atoms with van der Waals surface area (Å²) in [6.45, 7) is 3.74. The van der Waals surface area contributed by atoms with Gasteiger partial charge in [0.25, 0.3) is 6.20 Å². The molecule has 0 saturated heterocycles. The molecule has 7 N–H and O–H groups in total. The maximum absolute atomic E-state index is 13.2. The van der Waals surface area contributed by atoms with Gasteiger partial charge in [-0.1, -0.05) is 50.2 Å². The van der Waals surface area contributed by atoms with E-state index in [9.17, 15) is 39.5 Å². The largest absolute Gasteiger partial charge is 0.508 e. The van der Waals surface area contributed by atoms with Crippen LogP contribution in [0.1, 0.15) is 43.4 Å². The monoisotopic (exact) mass is 661 g/mol. The van der Waals surface area contributed by atoms with Crippen molar-refractivity contribution in [3.63, 3.8) is 0 Å². The van der Waals surface area contributed by atoms with Gasteiger partial charge in [0.05, 0.1) is 11.3 Å². The molecule has 0 saturated carbocycles. The lowest BCUT2D eigenvalue weighted by molar-refractivity contribution is -0.403. The van der Waals surface area contributed by atoms with Crippen molar-refractivity contribution >= 4 is 35.1 Å². The zero-order chi connectivity index (χ0) is 35.2. The summed E-state index contributed by atoms with van der Waals surface area (Å²) < 4.78 is 0. The molecule has 254 valence electrons. The molecule has 14 heteroatoms. The number of amides is 2. The highest BCUT2D eigenvalue weighted by Gasteiger charge is 2.27. The summed E-state index contributed by atoms with van der Waals surface area (Å²) in [5.41, 5.74) is 3.02. The van der Waals surface area contributed by atoms with Crippen LogP contribution < -0.4 is 21.3 Å². The quantitative estimate of drug-likeness (QED) is 0.0589. The van der Waals surface area contributed by atoms with Crippen LogP contribution in [0.15, 0.2) is 84.8 Å². The Morgan fingerprint density at radius 1 is 0.792 bits per heavy atom. The summed E-state index contributed by atoms with van der Waals surface area (Å²) in [4.78, 5) is 59.5. The minimum Gasteiger partial charge on any atom is -0.508 e. The molecular formula is C34H39N5O9. The van der Waals surface area contributed by atoms with E-state index in [0.717, 1.165) is 11.8 Å². The summed E-state index contributed by atoms with van der Waals surface area (Å²) in [7, 11) is 0. The van der Waals surface area contributed by atoms with Crippen LogP contribution in [0.2, 0.25) is 0 Å². The standard InChI is InChI=1S/C34H39N5O9/c1-21(2)17-28(33(44)38-29(34(45)46)18-23-5-3-22(4-6-23)9-16-32(42)43)37-31(41)19-24-7-10-25(11-8-24)35-30(20-39(47)48)36-26-12-14-27(40)15-13-26/h3-8,10-15,20-21,28-29,35-36,40H,9,16-19H2,1-2H3,(H,37,41)(H,38,44)(H,42,43)(H,45,46).